The average Bonchev–Trinajstić information content (AvgIpc) is 3.47. The second-order valence-corrected chi connectivity index (χ2v) is 7.21. The zero-order valence-corrected chi connectivity index (χ0v) is 15.8. The average molecular weight is 377 g/mol. The van der Waals surface area contributed by atoms with Gasteiger partial charge < -0.3 is 16.2 Å². The molecule has 0 bridgehead atoms. The Labute approximate surface area is 163 Å². The number of nitrogens with two attached hydrogens (primary N) is 1. The van der Waals surface area contributed by atoms with Crippen LogP contribution in [0.3, 0.4) is 0 Å². The Morgan fingerprint density at radius 1 is 1.32 bits per heavy atom. The van der Waals surface area contributed by atoms with E-state index in [1.54, 1.807) is 10.6 Å². The highest BCUT2D eigenvalue weighted by atomic mass is 16.3. The number of hydrogen-bond donors (Lipinski definition) is 3. The lowest BCUT2D eigenvalue weighted by Gasteiger charge is -2.11. The molecule has 3 heterocycles. The van der Waals surface area contributed by atoms with Gasteiger partial charge in [0.1, 0.15) is 11.6 Å². The molecule has 0 amide bonds. The minimum Gasteiger partial charge on any atom is -0.392 e. The molecular formula is C20H23N7O. The molecule has 0 unspecified atom stereocenters. The molecule has 4 rings (SSSR count). The summed E-state index contributed by atoms with van der Waals surface area (Å²) in [5.41, 5.74) is 10.8. The first-order valence-electron chi connectivity index (χ1n) is 9.45. The lowest BCUT2D eigenvalue weighted by molar-refractivity contribution is 0.276. The Bertz CT molecular complexity index is 1060. The number of hydrogen-bond acceptors (Lipinski definition) is 6. The van der Waals surface area contributed by atoms with Crippen molar-refractivity contribution in [3.63, 3.8) is 0 Å². The number of aliphatic hydroxyl groups is 1. The minimum atomic E-state index is -0.0811. The number of rotatable bonds is 7. The standard InChI is InChI=1S/C20H23N7O/c1-12-16(10-13-6-7-13)20-25-19(17(22-2)18(21)27(20)26-12)23-9-8-14-4-3-5-15(11-28)24-14/h3-5,13,28H,6-11,21H2,1H3,(H,23,25). The molecule has 1 saturated carbocycles. The summed E-state index contributed by atoms with van der Waals surface area (Å²) >= 11 is 0. The fraction of sp³-hybridized carbons (Fsp3) is 0.400. The van der Waals surface area contributed by atoms with Gasteiger partial charge in [0.2, 0.25) is 0 Å². The molecule has 28 heavy (non-hydrogen) atoms. The normalized spacial score (nSPS) is 13.6. The summed E-state index contributed by atoms with van der Waals surface area (Å²) in [6, 6.07) is 5.57. The van der Waals surface area contributed by atoms with E-state index in [1.807, 2.05) is 19.1 Å². The van der Waals surface area contributed by atoms with Crippen LogP contribution in [0.15, 0.2) is 18.2 Å². The van der Waals surface area contributed by atoms with E-state index in [0.29, 0.717) is 36.2 Å². The predicted molar refractivity (Wildman–Crippen MR) is 107 cm³/mol. The number of nitrogen functional groups attached to an aromatic ring is 1. The third-order valence-corrected chi connectivity index (χ3v) is 5.07. The fourth-order valence-corrected chi connectivity index (χ4v) is 3.36. The van der Waals surface area contributed by atoms with Crippen LogP contribution in [-0.2, 0) is 19.4 Å². The van der Waals surface area contributed by atoms with Crippen LogP contribution in [0.4, 0.5) is 17.3 Å². The Hall–Kier alpha value is -3.18. The highest BCUT2D eigenvalue weighted by Gasteiger charge is 2.26. The van der Waals surface area contributed by atoms with E-state index >= 15 is 0 Å². The van der Waals surface area contributed by atoms with Crippen molar-refractivity contribution < 1.29 is 5.11 Å². The molecule has 1 aliphatic carbocycles. The molecule has 144 valence electrons. The van der Waals surface area contributed by atoms with E-state index in [4.69, 9.17) is 17.3 Å². The number of nitrogens with zero attached hydrogens (tertiary/aromatic N) is 5. The van der Waals surface area contributed by atoms with Gasteiger partial charge in [-0.1, -0.05) is 6.07 Å². The van der Waals surface area contributed by atoms with Gasteiger partial charge in [-0.3, -0.25) is 4.98 Å². The molecule has 3 aromatic heterocycles. The Balaban J connectivity index is 1.60. The summed E-state index contributed by atoms with van der Waals surface area (Å²) in [7, 11) is 0. The van der Waals surface area contributed by atoms with Crippen LogP contribution in [0.2, 0.25) is 0 Å². The van der Waals surface area contributed by atoms with Gasteiger partial charge in [-0.15, -0.1) is 0 Å². The van der Waals surface area contributed by atoms with E-state index in [-0.39, 0.29) is 12.3 Å². The first kappa shape index (κ1) is 18.2. The molecule has 1 fully saturated rings. The van der Waals surface area contributed by atoms with Gasteiger partial charge in [-0.2, -0.15) is 5.10 Å². The van der Waals surface area contributed by atoms with Crippen molar-refractivity contribution in [1.82, 2.24) is 19.6 Å². The molecule has 0 aliphatic heterocycles. The monoisotopic (exact) mass is 377 g/mol. The van der Waals surface area contributed by atoms with Crippen molar-refractivity contribution in [2.24, 2.45) is 5.92 Å². The summed E-state index contributed by atoms with van der Waals surface area (Å²) < 4.78 is 1.60. The molecule has 8 nitrogen and oxygen atoms in total. The molecule has 3 aromatic rings. The maximum Gasteiger partial charge on any atom is 0.268 e. The largest absolute Gasteiger partial charge is 0.392 e. The van der Waals surface area contributed by atoms with Gasteiger partial charge in [-0.05, 0) is 44.2 Å². The Kier molecular flexibility index (Phi) is 4.84. The smallest absolute Gasteiger partial charge is 0.268 e. The fourth-order valence-electron chi connectivity index (χ4n) is 3.36. The van der Waals surface area contributed by atoms with Gasteiger partial charge >= 0.3 is 0 Å². The second kappa shape index (κ2) is 7.44. The first-order valence-corrected chi connectivity index (χ1v) is 9.45. The molecule has 0 atom stereocenters. The molecular weight excluding hydrogens is 354 g/mol. The van der Waals surface area contributed by atoms with Gasteiger partial charge in [0.25, 0.3) is 5.69 Å². The zero-order valence-electron chi connectivity index (χ0n) is 15.8. The maximum absolute atomic E-state index is 9.22. The zero-order chi connectivity index (χ0) is 19.7. The lowest BCUT2D eigenvalue weighted by Crippen LogP contribution is -2.11. The number of aryl methyl sites for hydroxylation is 1. The van der Waals surface area contributed by atoms with Crippen LogP contribution < -0.4 is 11.1 Å². The van der Waals surface area contributed by atoms with Crippen LogP contribution in [0.25, 0.3) is 10.5 Å². The SMILES string of the molecule is [C-]#[N+]c1c(NCCc2cccc(CO)n2)nc2c(CC3CC3)c(C)nn2c1N. The lowest BCUT2D eigenvalue weighted by atomic mass is 10.1. The molecule has 0 aromatic carbocycles. The van der Waals surface area contributed by atoms with E-state index in [0.717, 1.165) is 29.0 Å². The van der Waals surface area contributed by atoms with Gasteiger partial charge in [0.05, 0.1) is 24.6 Å². The highest BCUT2D eigenvalue weighted by molar-refractivity contribution is 5.80. The topological polar surface area (TPSA) is 106 Å². The maximum atomic E-state index is 9.22. The third kappa shape index (κ3) is 3.49. The summed E-state index contributed by atoms with van der Waals surface area (Å²) in [5.74, 6) is 1.50. The molecule has 0 radical (unpaired) electrons. The van der Waals surface area contributed by atoms with Crippen LogP contribution in [-0.4, -0.2) is 31.2 Å². The summed E-state index contributed by atoms with van der Waals surface area (Å²) in [6.45, 7) is 9.96. The number of fused-ring (bicyclic) bond motifs is 1. The van der Waals surface area contributed by atoms with Crippen molar-refractivity contribution in [3.05, 3.63) is 52.3 Å². The molecule has 0 saturated heterocycles. The van der Waals surface area contributed by atoms with Gasteiger partial charge in [0, 0.05) is 24.2 Å². The molecule has 8 heteroatoms. The first-order chi connectivity index (χ1) is 13.6. The van der Waals surface area contributed by atoms with Gasteiger partial charge in [-0.25, -0.2) is 14.3 Å². The predicted octanol–water partition coefficient (Wildman–Crippen LogP) is 2.67. The van der Waals surface area contributed by atoms with E-state index in [9.17, 15) is 5.11 Å². The molecule has 4 N–H and O–H groups in total. The van der Waals surface area contributed by atoms with Crippen molar-refractivity contribution in [1.29, 1.82) is 0 Å². The Morgan fingerprint density at radius 2 is 2.11 bits per heavy atom. The number of anilines is 2. The van der Waals surface area contributed by atoms with Gasteiger partial charge in [0.15, 0.2) is 5.65 Å². The highest BCUT2D eigenvalue weighted by Crippen LogP contribution is 2.37. The van der Waals surface area contributed by atoms with Crippen molar-refractivity contribution >= 4 is 23.0 Å². The summed E-state index contributed by atoms with van der Waals surface area (Å²) in [6.07, 6.45) is 4.09. The number of nitrogens with one attached hydrogen (secondary N) is 1. The Morgan fingerprint density at radius 3 is 2.82 bits per heavy atom. The summed E-state index contributed by atoms with van der Waals surface area (Å²) in [4.78, 5) is 12.7. The molecule has 1 aliphatic rings. The second-order valence-electron chi connectivity index (χ2n) is 7.21. The van der Waals surface area contributed by atoms with E-state index in [2.05, 4.69) is 20.2 Å². The number of aliphatic hydroxyl groups excluding tert-OH is 1. The van der Waals surface area contributed by atoms with Crippen LogP contribution in [0, 0.1) is 19.4 Å². The third-order valence-electron chi connectivity index (χ3n) is 5.07. The van der Waals surface area contributed by atoms with E-state index < -0.39 is 0 Å². The number of aromatic nitrogens is 4. The van der Waals surface area contributed by atoms with Crippen LogP contribution in [0.1, 0.15) is 35.5 Å². The summed E-state index contributed by atoms with van der Waals surface area (Å²) in [5, 5.41) is 17.0. The van der Waals surface area contributed by atoms with Crippen molar-refractivity contribution in [2.45, 2.75) is 39.2 Å². The van der Waals surface area contributed by atoms with E-state index in [1.165, 1.54) is 12.8 Å². The van der Waals surface area contributed by atoms with Crippen molar-refractivity contribution in [3.8, 4) is 0 Å². The van der Waals surface area contributed by atoms with Crippen LogP contribution >= 0.6 is 0 Å². The molecule has 0 spiro atoms. The van der Waals surface area contributed by atoms with Crippen molar-refractivity contribution in [2.75, 3.05) is 17.6 Å². The minimum absolute atomic E-state index is 0.0811. The van der Waals surface area contributed by atoms with Crippen LogP contribution in [0.5, 0.6) is 0 Å². The number of pyridine rings is 1. The quantitative estimate of drug-likeness (QED) is 0.547.